The van der Waals surface area contributed by atoms with Crippen LogP contribution in [0.3, 0.4) is 0 Å². The summed E-state index contributed by atoms with van der Waals surface area (Å²) < 4.78 is 0. The van der Waals surface area contributed by atoms with E-state index in [-0.39, 0.29) is 5.91 Å². The van der Waals surface area contributed by atoms with Crippen LogP contribution in [0.5, 0.6) is 0 Å². The van der Waals surface area contributed by atoms with Crippen LogP contribution in [0.4, 0.5) is 0 Å². The maximum atomic E-state index is 12.4. The fourth-order valence-electron chi connectivity index (χ4n) is 2.57. The first kappa shape index (κ1) is 11.2. The van der Waals surface area contributed by atoms with E-state index in [0.717, 1.165) is 24.8 Å². The molecule has 0 aromatic heterocycles. The Balaban J connectivity index is 2.21. The Bertz CT molecular complexity index is 360. The minimum atomic E-state index is 0.192. The van der Waals surface area contributed by atoms with Crippen LogP contribution < -0.4 is 0 Å². The highest BCUT2D eigenvalue weighted by atomic mass is 16.2. The van der Waals surface area contributed by atoms with Gasteiger partial charge in [0.15, 0.2) is 0 Å². The van der Waals surface area contributed by atoms with Crippen LogP contribution in [0.2, 0.25) is 0 Å². The first-order chi connectivity index (χ1) is 7.74. The quantitative estimate of drug-likeness (QED) is 0.745. The fraction of sp³-hybridized carbons (Fsp3) is 0.500. The molecule has 1 aromatic rings. The monoisotopic (exact) mass is 217 g/mol. The first-order valence-corrected chi connectivity index (χ1v) is 6.11. The summed E-state index contributed by atoms with van der Waals surface area (Å²) in [7, 11) is 0. The average Bonchev–Trinajstić information content (AvgIpc) is 2.70. The van der Waals surface area contributed by atoms with E-state index in [1.807, 2.05) is 30.3 Å². The van der Waals surface area contributed by atoms with E-state index in [4.69, 9.17) is 0 Å². The molecular formula is C14H19NO. The van der Waals surface area contributed by atoms with E-state index in [2.05, 4.69) is 18.7 Å². The van der Waals surface area contributed by atoms with E-state index in [1.54, 1.807) is 0 Å². The number of likely N-dealkylation sites (tertiary alicyclic amines) is 1. The zero-order valence-corrected chi connectivity index (χ0v) is 10.0. The first-order valence-electron chi connectivity index (χ1n) is 6.11. The Morgan fingerprint density at radius 3 is 2.62 bits per heavy atom. The van der Waals surface area contributed by atoms with Crippen molar-refractivity contribution in [3.05, 3.63) is 35.9 Å². The van der Waals surface area contributed by atoms with Gasteiger partial charge in [-0.2, -0.15) is 0 Å². The fourth-order valence-corrected chi connectivity index (χ4v) is 2.57. The minimum Gasteiger partial charge on any atom is -0.333 e. The summed E-state index contributed by atoms with van der Waals surface area (Å²) in [6.07, 6.45) is 3.34. The van der Waals surface area contributed by atoms with Gasteiger partial charge in [-0.3, -0.25) is 4.79 Å². The molecule has 86 valence electrons. The van der Waals surface area contributed by atoms with E-state index >= 15 is 0 Å². The van der Waals surface area contributed by atoms with E-state index in [1.165, 1.54) is 0 Å². The molecular weight excluding hydrogens is 198 g/mol. The van der Waals surface area contributed by atoms with Crippen LogP contribution in [0, 0.1) is 0 Å². The lowest BCUT2D eigenvalue weighted by Gasteiger charge is -2.28. The zero-order chi connectivity index (χ0) is 11.5. The lowest BCUT2D eigenvalue weighted by molar-refractivity contribution is 0.0676. The summed E-state index contributed by atoms with van der Waals surface area (Å²) in [6.45, 7) is 4.31. The molecule has 16 heavy (non-hydrogen) atoms. The predicted octanol–water partition coefficient (Wildman–Crippen LogP) is 3.09. The molecule has 2 nitrogen and oxygen atoms in total. The van der Waals surface area contributed by atoms with Crippen LogP contribution >= 0.6 is 0 Å². The molecule has 0 radical (unpaired) electrons. The van der Waals surface area contributed by atoms with Gasteiger partial charge in [0.1, 0.15) is 0 Å². The van der Waals surface area contributed by atoms with Crippen molar-refractivity contribution in [1.29, 1.82) is 0 Å². The molecule has 2 unspecified atom stereocenters. The van der Waals surface area contributed by atoms with Gasteiger partial charge in [0.25, 0.3) is 5.91 Å². The van der Waals surface area contributed by atoms with Crippen molar-refractivity contribution in [2.75, 3.05) is 0 Å². The van der Waals surface area contributed by atoms with E-state index < -0.39 is 0 Å². The Labute approximate surface area is 97.3 Å². The number of hydrogen-bond donors (Lipinski definition) is 0. The van der Waals surface area contributed by atoms with Gasteiger partial charge >= 0.3 is 0 Å². The summed E-state index contributed by atoms with van der Waals surface area (Å²) in [5.41, 5.74) is 0.815. The molecule has 0 aliphatic carbocycles. The molecule has 1 saturated heterocycles. The van der Waals surface area contributed by atoms with Crippen molar-refractivity contribution >= 4 is 5.91 Å². The Hall–Kier alpha value is -1.31. The van der Waals surface area contributed by atoms with E-state index in [0.29, 0.717) is 12.1 Å². The summed E-state index contributed by atoms with van der Waals surface area (Å²) in [5, 5.41) is 0. The van der Waals surface area contributed by atoms with Crippen molar-refractivity contribution in [2.45, 2.75) is 45.2 Å². The molecule has 1 amide bonds. The third kappa shape index (κ3) is 1.97. The SMILES string of the molecule is CCC1CCC(C)N1C(=O)c1ccccc1. The Morgan fingerprint density at radius 1 is 1.31 bits per heavy atom. The summed E-state index contributed by atoms with van der Waals surface area (Å²) in [5.74, 6) is 0.192. The zero-order valence-electron chi connectivity index (χ0n) is 10.0. The molecule has 1 aromatic carbocycles. The van der Waals surface area contributed by atoms with Crippen LogP contribution in [0.25, 0.3) is 0 Å². The number of nitrogens with zero attached hydrogens (tertiary/aromatic N) is 1. The third-order valence-corrected chi connectivity index (χ3v) is 3.51. The third-order valence-electron chi connectivity index (χ3n) is 3.51. The molecule has 2 heteroatoms. The lowest BCUT2D eigenvalue weighted by Crippen LogP contribution is -2.39. The number of amides is 1. The second kappa shape index (κ2) is 4.69. The highest BCUT2D eigenvalue weighted by molar-refractivity contribution is 5.94. The second-order valence-corrected chi connectivity index (χ2v) is 4.57. The van der Waals surface area contributed by atoms with Gasteiger partial charge in [0.2, 0.25) is 0 Å². The highest BCUT2D eigenvalue weighted by Gasteiger charge is 2.33. The number of carbonyl (C=O) groups is 1. The molecule has 0 N–H and O–H groups in total. The Morgan fingerprint density at radius 2 is 2.00 bits per heavy atom. The average molecular weight is 217 g/mol. The normalized spacial score (nSPS) is 24.8. The number of rotatable bonds is 2. The summed E-state index contributed by atoms with van der Waals surface area (Å²) in [6, 6.07) is 10.4. The van der Waals surface area contributed by atoms with Crippen molar-refractivity contribution in [3.8, 4) is 0 Å². The molecule has 1 aliphatic rings. The molecule has 0 saturated carbocycles. The largest absolute Gasteiger partial charge is 0.333 e. The minimum absolute atomic E-state index is 0.192. The molecule has 2 rings (SSSR count). The van der Waals surface area contributed by atoms with Crippen molar-refractivity contribution < 1.29 is 4.79 Å². The topological polar surface area (TPSA) is 20.3 Å². The number of carbonyl (C=O) groups excluding carboxylic acids is 1. The van der Waals surface area contributed by atoms with Crippen molar-refractivity contribution in [1.82, 2.24) is 4.90 Å². The van der Waals surface area contributed by atoms with Gasteiger partial charge in [0, 0.05) is 17.6 Å². The van der Waals surface area contributed by atoms with Crippen LogP contribution in [-0.4, -0.2) is 22.9 Å². The smallest absolute Gasteiger partial charge is 0.254 e. The van der Waals surface area contributed by atoms with Gasteiger partial charge in [-0.15, -0.1) is 0 Å². The highest BCUT2D eigenvalue weighted by Crippen LogP contribution is 2.27. The van der Waals surface area contributed by atoms with Crippen molar-refractivity contribution in [3.63, 3.8) is 0 Å². The summed E-state index contributed by atoms with van der Waals surface area (Å²) >= 11 is 0. The second-order valence-electron chi connectivity index (χ2n) is 4.57. The van der Waals surface area contributed by atoms with Crippen LogP contribution in [0.1, 0.15) is 43.5 Å². The Kier molecular flexibility index (Phi) is 3.28. The number of benzene rings is 1. The molecule has 0 spiro atoms. The maximum absolute atomic E-state index is 12.4. The van der Waals surface area contributed by atoms with Gasteiger partial charge in [0.05, 0.1) is 0 Å². The van der Waals surface area contributed by atoms with Gasteiger partial charge in [-0.05, 0) is 38.3 Å². The standard InChI is InChI=1S/C14H19NO/c1-3-13-10-9-11(2)15(13)14(16)12-7-5-4-6-8-12/h4-8,11,13H,3,9-10H2,1-2H3. The molecule has 1 fully saturated rings. The number of hydrogen-bond acceptors (Lipinski definition) is 1. The molecule has 1 heterocycles. The summed E-state index contributed by atoms with van der Waals surface area (Å²) in [4.78, 5) is 14.4. The predicted molar refractivity (Wildman–Crippen MR) is 65.4 cm³/mol. The molecule has 0 bridgehead atoms. The lowest BCUT2D eigenvalue weighted by atomic mass is 10.1. The van der Waals surface area contributed by atoms with Crippen LogP contribution in [0.15, 0.2) is 30.3 Å². The van der Waals surface area contributed by atoms with E-state index in [9.17, 15) is 4.79 Å². The maximum Gasteiger partial charge on any atom is 0.254 e. The van der Waals surface area contributed by atoms with Crippen molar-refractivity contribution in [2.24, 2.45) is 0 Å². The molecule has 2 atom stereocenters. The van der Waals surface area contributed by atoms with Gasteiger partial charge in [-0.25, -0.2) is 0 Å². The van der Waals surface area contributed by atoms with Gasteiger partial charge in [-0.1, -0.05) is 25.1 Å². The van der Waals surface area contributed by atoms with Crippen LogP contribution in [-0.2, 0) is 0 Å². The molecule has 1 aliphatic heterocycles. The van der Waals surface area contributed by atoms with Gasteiger partial charge < -0.3 is 4.90 Å².